The second kappa shape index (κ2) is 10.6. The number of thioether (sulfide) groups is 1. The summed E-state index contributed by atoms with van der Waals surface area (Å²) in [5.41, 5.74) is 0. The highest BCUT2D eigenvalue weighted by molar-refractivity contribution is 7.98. The molecule has 140 valence electrons. The van der Waals surface area contributed by atoms with Gasteiger partial charge in [0.25, 0.3) is 12.4 Å². The Morgan fingerprint density at radius 1 is 1.23 bits per heavy atom. The summed E-state index contributed by atoms with van der Waals surface area (Å²) in [6, 6.07) is 12.9. The Labute approximate surface area is 157 Å². The van der Waals surface area contributed by atoms with Crippen LogP contribution in [0.1, 0.15) is 11.5 Å². The van der Waals surface area contributed by atoms with Gasteiger partial charge in [0.2, 0.25) is 0 Å². The SMILES string of the molecule is CN(C)Cc1ccc(CSCCN=C(C[N+](=O)[O-])Oc2ccccc2)o1. The minimum absolute atomic E-state index is 0.119. The molecule has 0 atom stereocenters. The minimum Gasteiger partial charge on any atom is -0.464 e. The standard InChI is InChI=1S/C18H23N3O4S/c1-20(2)12-16-8-9-17(24-16)14-26-11-10-19-18(13-21(22)23)25-15-6-4-3-5-7-15/h3-9H,10-14H2,1-2H3. The summed E-state index contributed by atoms with van der Waals surface area (Å²) < 4.78 is 11.2. The molecule has 0 aliphatic rings. The van der Waals surface area contributed by atoms with Crippen molar-refractivity contribution in [1.29, 1.82) is 0 Å². The Bertz CT molecular complexity index is 716. The molecule has 0 N–H and O–H groups in total. The summed E-state index contributed by atoms with van der Waals surface area (Å²) in [6.07, 6.45) is 0. The lowest BCUT2D eigenvalue weighted by molar-refractivity contribution is -0.464. The fraction of sp³-hybridized carbons (Fsp3) is 0.389. The van der Waals surface area contributed by atoms with Crippen molar-refractivity contribution in [3.63, 3.8) is 0 Å². The maximum absolute atomic E-state index is 10.8. The van der Waals surface area contributed by atoms with Crippen LogP contribution in [0.15, 0.2) is 51.9 Å². The summed E-state index contributed by atoms with van der Waals surface area (Å²) >= 11 is 1.67. The molecular formula is C18H23N3O4S. The Kier molecular flexibility index (Phi) is 8.17. The highest BCUT2D eigenvalue weighted by Crippen LogP contribution is 2.16. The second-order valence-electron chi connectivity index (χ2n) is 5.84. The fourth-order valence-corrected chi connectivity index (χ4v) is 2.87. The molecule has 0 saturated heterocycles. The normalized spacial score (nSPS) is 11.7. The van der Waals surface area contributed by atoms with E-state index in [0.717, 1.165) is 29.6 Å². The highest BCUT2D eigenvalue weighted by atomic mass is 32.2. The summed E-state index contributed by atoms with van der Waals surface area (Å²) in [6.45, 7) is 0.799. The minimum atomic E-state index is -0.440. The van der Waals surface area contributed by atoms with E-state index in [-0.39, 0.29) is 5.90 Å². The van der Waals surface area contributed by atoms with Crippen molar-refractivity contribution in [3.8, 4) is 5.75 Å². The van der Waals surface area contributed by atoms with Gasteiger partial charge in [-0.15, -0.1) is 0 Å². The van der Waals surface area contributed by atoms with Crippen molar-refractivity contribution < 1.29 is 14.1 Å². The largest absolute Gasteiger partial charge is 0.464 e. The van der Waals surface area contributed by atoms with E-state index in [4.69, 9.17) is 9.15 Å². The van der Waals surface area contributed by atoms with Crippen LogP contribution in [-0.2, 0) is 12.3 Å². The Morgan fingerprint density at radius 3 is 2.65 bits per heavy atom. The Balaban J connectivity index is 1.78. The lowest BCUT2D eigenvalue weighted by Gasteiger charge is -2.06. The molecule has 1 aromatic heterocycles. The maximum atomic E-state index is 10.8. The van der Waals surface area contributed by atoms with Crippen LogP contribution in [0.5, 0.6) is 5.75 Å². The maximum Gasteiger partial charge on any atom is 0.278 e. The number of hydrogen-bond acceptors (Lipinski definition) is 7. The molecule has 0 amide bonds. The average Bonchev–Trinajstić information content (AvgIpc) is 3.01. The smallest absolute Gasteiger partial charge is 0.278 e. The third kappa shape index (κ3) is 7.71. The first-order valence-electron chi connectivity index (χ1n) is 8.21. The molecule has 7 nitrogen and oxygen atoms in total. The number of para-hydroxylation sites is 1. The van der Waals surface area contributed by atoms with E-state index in [9.17, 15) is 10.1 Å². The van der Waals surface area contributed by atoms with Crippen LogP contribution in [0, 0.1) is 10.1 Å². The van der Waals surface area contributed by atoms with Crippen molar-refractivity contribution >= 4 is 17.7 Å². The number of furan rings is 1. The topological polar surface area (TPSA) is 81.1 Å². The van der Waals surface area contributed by atoms with Crippen molar-refractivity contribution in [3.05, 3.63) is 64.1 Å². The zero-order chi connectivity index (χ0) is 18.8. The van der Waals surface area contributed by atoms with Crippen LogP contribution >= 0.6 is 11.8 Å². The molecule has 1 heterocycles. The summed E-state index contributed by atoms with van der Waals surface area (Å²) in [5.74, 6) is 3.99. The van der Waals surface area contributed by atoms with Gasteiger partial charge in [-0.3, -0.25) is 10.1 Å². The van der Waals surface area contributed by atoms with Crippen molar-refractivity contribution in [2.75, 3.05) is 32.9 Å². The van der Waals surface area contributed by atoms with Gasteiger partial charge in [0, 0.05) is 10.7 Å². The Morgan fingerprint density at radius 2 is 1.96 bits per heavy atom. The molecule has 0 unspecified atom stereocenters. The molecular weight excluding hydrogens is 354 g/mol. The lowest BCUT2D eigenvalue weighted by atomic mass is 10.3. The van der Waals surface area contributed by atoms with E-state index in [1.54, 1.807) is 23.9 Å². The van der Waals surface area contributed by atoms with Gasteiger partial charge in [-0.1, -0.05) is 18.2 Å². The molecule has 2 aromatic rings. The van der Waals surface area contributed by atoms with Gasteiger partial charge >= 0.3 is 0 Å². The number of ether oxygens (including phenoxy) is 1. The van der Waals surface area contributed by atoms with E-state index in [0.29, 0.717) is 12.3 Å². The molecule has 0 spiro atoms. The number of hydrogen-bond donors (Lipinski definition) is 0. The first kappa shape index (κ1) is 20.0. The van der Waals surface area contributed by atoms with Crippen LogP contribution < -0.4 is 4.74 Å². The first-order chi connectivity index (χ1) is 12.5. The van der Waals surface area contributed by atoms with E-state index in [1.165, 1.54) is 0 Å². The van der Waals surface area contributed by atoms with Gasteiger partial charge in [0.05, 0.1) is 18.8 Å². The van der Waals surface area contributed by atoms with Gasteiger partial charge in [-0.05, 0) is 38.4 Å². The van der Waals surface area contributed by atoms with Crippen LogP contribution in [0.2, 0.25) is 0 Å². The first-order valence-corrected chi connectivity index (χ1v) is 9.36. The van der Waals surface area contributed by atoms with Gasteiger partial charge in [-0.2, -0.15) is 11.8 Å². The van der Waals surface area contributed by atoms with E-state index >= 15 is 0 Å². The zero-order valence-electron chi connectivity index (χ0n) is 15.0. The zero-order valence-corrected chi connectivity index (χ0v) is 15.8. The van der Waals surface area contributed by atoms with Gasteiger partial charge < -0.3 is 14.1 Å². The number of benzene rings is 1. The second-order valence-corrected chi connectivity index (χ2v) is 6.94. The monoisotopic (exact) mass is 377 g/mol. The number of aliphatic imine (C=N–C) groups is 1. The summed E-state index contributed by atoms with van der Waals surface area (Å²) in [4.78, 5) is 16.6. The third-order valence-electron chi connectivity index (χ3n) is 3.20. The van der Waals surface area contributed by atoms with Crippen molar-refractivity contribution in [1.82, 2.24) is 4.90 Å². The highest BCUT2D eigenvalue weighted by Gasteiger charge is 2.10. The number of nitrogens with zero attached hydrogens (tertiary/aromatic N) is 3. The molecule has 26 heavy (non-hydrogen) atoms. The third-order valence-corrected chi connectivity index (χ3v) is 4.16. The predicted octanol–water partition coefficient (Wildman–Crippen LogP) is 3.33. The summed E-state index contributed by atoms with van der Waals surface area (Å²) in [5, 5.41) is 10.8. The average molecular weight is 377 g/mol. The van der Waals surface area contributed by atoms with E-state index in [2.05, 4.69) is 4.99 Å². The van der Waals surface area contributed by atoms with Crippen LogP contribution in [-0.4, -0.2) is 48.7 Å². The van der Waals surface area contributed by atoms with Gasteiger partial charge in [-0.25, -0.2) is 4.99 Å². The van der Waals surface area contributed by atoms with E-state index in [1.807, 2.05) is 49.3 Å². The molecule has 2 rings (SSSR count). The molecule has 0 saturated carbocycles. The van der Waals surface area contributed by atoms with Crippen molar-refractivity contribution in [2.45, 2.75) is 12.3 Å². The summed E-state index contributed by atoms with van der Waals surface area (Å²) in [7, 11) is 3.99. The molecule has 0 bridgehead atoms. The lowest BCUT2D eigenvalue weighted by Crippen LogP contribution is -2.20. The molecule has 8 heteroatoms. The van der Waals surface area contributed by atoms with Gasteiger partial charge in [0.1, 0.15) is 17.3 Å². The number of nitro groups is 1. The quantitative estimate of drug-likeness (QED) is 0.208. The molecule has 1 aromatic carbocycles. The molecule has 0 aliphatic carbocycles. The fourth-order valence-electron chi connectivity index (χ4n) is 2.15. The Hall–Kier alpha value is -2.32. The molecule has 0 fully saturated rings. The van der Waals surface area contributed by atoms with Crippen LogP contribution in [0.25, 0.3) is 0 Å². The predicted molar refractivity (Wildman–Crippen MR) is 103 cm³/mol. The van der Waals surface area contributed by atoms with Crippen molar-refractivity contribution in [2.24, 2.45) is 4.99 Å². The van der Waals surface area contributed by atoms with Gasteiger partial charge in [0.15, 0.2) is 0 Å². The van der Waals surface area contributed by atoms with Crippen LogP contribution in [0.4, 0.5) is 0 Å². The molecule has 0 aliphatic heterocycles. The van der Waals surface area contributed by atoms with E-state index < -0.39 is 11.5 Å². The van der Waals surface area contributed by atoms with Crippen LogP contribution in [0.3, 0.4) is 0 Å². The molecule has 0 radical (unpaired) electrons. The number of rotatable bonds is 10.